The topological polar surface area (TPSA) is 79.3 Å². The molecule has 1 aliphatic carbocycles. The molecule has 0 spiro atoms. The van der Waals surface area contributed by atoms with Crippen LogP contribution in [0.1, 0.15) is 74.8 Å². The SMILES string of the molecule is CCCC=C(C)c1ccc(COc2nc(-c3c(OC)ncnc3C3CC3)ncc2OC)c(CC)c1. The third-order valence-corrected chi connectivity index (χ3v) is 6.31. The van der Waals surface area contributed by atoms with Gasteiger partial charge in [-0.3, -0.25) is 0 Å². The number of methoxy groups -OCH3 is 2. The molecule has 1 aliphatic rings. The van der Waals surface area contributed by atoms with Crippen LogP contribution in [0, 0.1) is 0 Å². The maximum Gasteiger partial charge on any atom is 0.261 e. The molecule has 0 aliphatic heterocycles. The van der Waals surface area contributed by atoms with Gasteiger partial charge in [-0.05, 0) is 54.9 Å². The molecule has 0 radical (unpaired) electrons. The molecule has 0 bridgehead atoms. The van der Waals surface area contributed by atoms with E-state index in [1.165, 1.54) is 23.0 Å². The maximum atomic E-state index is 6.20. The highest BCUT2D eigenvalue weighted by atomic mass is 16.5. The van der Waals surface area contributed by atoms with E-state index in [0.29, 0.717) is 35.9 Å². The lowest BCUT2D eigenvalue weighted by atomic mass is 9.98. The number of hydrogen-bond acceptors (Lipinski definition) is 7. The summed E-state index contributed by atoms with van der Waals surface area (Å²) in [7, 11) is 3.18. The van der Waals surface area contributed by atoms with Crippen LogP contribution in [-0.2, 0) is 13.0 Å². The first-order valence-electron chi connectivity index (χ1n) is 12.3. The number of rotatable bonds is 11. The van der Waals surface area contributed by atoms with Gasteiger partial charge in [0.2, 0.25) is 5.88 Å². The molecule has 7 heteroatoms. The van der Waals surface area contributed by atoms with Crippen LogP contribution in [0.15, 0.2) is 36.8 Å². The van der Waals surface area contributed by atoms with Crippen molar-refractivity contribution in [3.63, 3.8) is 0 Å². The molecule has 0 saturated heterocycles. The molecule has 3 aromatic rings. The van der Waals surface area contributed by atoms with Crippen molar-refractivity contribution in [3.8, 4) is 28.9 Å². The molecule has 1 aromatic carbocycles. The van der Waals surface area contributed by atoms with Crippen LogP contribution >= 0.6 is 0 Å². The van der Waals surface area contributed by atoms with Crippen molar-refractivity contribution >= 4 is 5.57 Å². The number of unbranched alkanes of at least 4 members (excludes halogenated alkanes) is 1. The number of hydrogen-bond donors (Lipinski definition) is 0. The predicted molar refractivity (Wildman–Crippen MR) is 137 cm³/mol. The standard InChI is InChI=1S/C28H34N4O3/c1-6-8-9-18(3)21-12-13-22(19(7-2)14-21)16-35-27-23(33-4)15-29-26(32-27)24-25(20-10-11-20)30-17-31-28(24)34-5/h9,12-15,17,20H,6-8,10-11,16H2,1-5H3. The lowest BCUT2D eigenvalue weighted by molar-refractivity contribution is 0.271. The smallest absolute Gasteiger partial charge is 0.261 e. The number of nitrogens with zero attached hydrogens (tertiary/aromatic N) is 4. The van der Waals surface area contributed by atoms with Gasteiger partial charge in [-0.1, -0.05) is 44.5 Å². The molecular weight excluding hydrogens is 440 g/mol. The summed E-state index contributed by atoms with van der Waals surface area (Å²) >= 11 is 0. The Morgan fingerprint density at radius 1 is 1.03 bits per heavy atom. The molecule has 35 heavy (non-hydrogen) atoms. The monoisotopic (exact) mass is 474 g/mol. The fraction of sp³-hybridized carbons (Fsp3) is 0.429. The normalized spacial score (nSPS) is 13.6. The number of allylic oxidation sites excluding steroid dienone is 2. The molecule has 0 unspecified atom stereocenters. The Labute approximate surface area is 207 Å². The second-order valence-electron chi connectivity index (χ2n) is 8.79. The van der Waals surface area contributed by atoms with Crippen molar-refractivity contribution in [2.45, 2.75) is 65.4 Å². The Hall–Kier alpha value is -3.48. The third-order valence-electron chi connectivity index (χ3n) is 6.31. The summed E-state index contributed by atoms with van der Waals surface area (Å²) in [4.78, 5) is 18.0. The van der Waals surface area contributed by atoms with Gasteiger partial charge in [0.25, 0.3) is 5.88 Å². The summed E-state index contributed by atoms with van der Waals surface area (Å²) in [6.45, 7) is 6.91. The lowest BCUT2D eigenvalue weighted by Gasteiger charge is -2.15. The maximum absolute atomic E-state index is 6.20. The van der Waals surface area contributed by atoms with Gasteiger partial charge in [-0.15, -0.1) is 0 Å². The molecule has 1 fully saturated rings. The van der Waals surface area contributed by atoms with E-state index in [1.54, 1.807) is 20.4 Å². The fourth-order valence-electron chi connectivity index (χ4n) is 4.10. The molecule has 1 saturated carbocycles. The molecule has 0 atom stereocenters. The van der Waals surface area contributed by atoms with Crippen molar-refractivity contribution < 1.29 is 14.2 Å². The fourth-order valence-corrected chi connectivity index (χ4v) is 4.10. The zero-order valence-corrected chi connectivity index (χ0v) is 21.3. The van der Waals surface area contributed by atoms with Gasteiger partial charge in [0, 0.05) is 5.92 Å². The van der Waals surface area contributed by atoms with Crippen molar-refractivity contribution in [3.05, 3.63) is 59.2 Å². The van der Waals surface area contributed by atoms with Crippen LogP contribution in [0.4, 0.5) is 0 Å². The molecule has 2 aromatic heterocycles. The van der Waals surface area contributed by atoms with E-state index in [0.717, 1.165) is 48.9 Å². The van der Waals surface area contributed by atoms with E-state index in [4.69, 9.17) is 19.2 Å². The van der Waals surface area contributed by atoms with Crippen LogP contribution in [0.2, 0.25) is 0 Å². The Morgan fingerprint density at radius 3 is 2.54 bits per heavy atom. The van der Waals surface area contributed by atoms with Crippen LogP contribution < -0.4 is 14.2 Å². The number of aromatic nitrogens is 4. The van der Waals surface area contributed by atoms with Crippen molar-refractivity contribution in [1.82, 2.24) is 19.9 Å². The van der Waals surface area contributed by atoms with Crippen LogP contribution in [-0.4, -0.2) is 34.2 Å². The second kappa shape index (κ2) is 11.3. The zero-order chi connectivity index (χ0) is 24.8. The Bertz CT molecular complexity index is 1200. The Morgan fingerprint density at radius 2 is 1.86 bits per heavy atom. The first kappa shape index (κ1) is 24.6. The van der Waals surface area contributed by atoms with Gasteiger partial charge in [0.15, 0.2) is 11.6 Å². The second-order valence-corrected chi connectivity index (χ2v) is 8.79. The predicted octanol–water partition coefficient (Wildman–Crippen LogP) is 6.17. The summed E-state index contributed by atoms with van der Waals surface area (Å²) in [6, 6.07) is 6.57. The summed E-state index contributed by atoms with van der Waals surface area (Å²) in [5.74, 6) is 2.19. The highest BCUT2D eigenvalue weighted by Gasteiger charge is 2.31. The first-order chi connectivity index (χ1) is 17.1. The van der Waals surface area contributed by atoms with Crippen molar-refractivity contribution in [1.29, 1.82) is 0 Å². The van der Waals surface area contributed by atoms with Crippen LogP contribution in [0.5, 0.6) is 17.5 Å². The summed E-state index contributed by atoms with van der Waals surface area (Å²) in [5, 5.41) is 0. The summed E-state index contributed by atoms with van der Waals surface area (Å²) in [6.07, 6.45) is 10.8. The van der Waals surface area contributed by atoms with E-state index in [2.05, 4.69) is 60.0 Å². The minimum Gasteiger partial charge on any atom is -0.490 e. The van der Waals surface area contributed by atoms with Crippen LogP contribution in [0.25, 0.3) is 17.0 Å². The van der Waals surface area contributed by atoms with Gasteiger partial charge < -0.3 is 14.2 Å². The van der Waals surface area contributed by atoms with Crippen LogP contribution in [0.3, 0.4) is 0 Å². The lowest BCUT2D eigenvalue weighted by Crippen LogP contribution is -2.06. The molecular formula is C28H34N4O3. The average molecular weight is 475 g/mol. The third kappa shape index (κ3) is 5.61. The number of aryl methyl sites for hydroxylation is 1. The largest absolute Gasteiger partial charge is 0.490 e. The average Bonchev–Trinajstić information content (AvgIpc) is 3.75. The summed E-state index contributed by atoms with van der Waals surface area (Å²) in [5.41, 5.74) is 6.59. The summed E-state index contributed by atoms with van der Waals surface area (Å²) < 4.78 is 17.2. The Kier molecular flexibility index (Phi) is 7.95. The van der Waals surface area contributed by atoms with E-state index in [1.807, 2.05) is 0 Å². The van der Waals surface area contributed by atoms with Gasteiger partial charge >= 0.3 is 0 Å². The van der Waals surface area contributed by atoms with Gasteiger partial charge in [0.05, 0.1) is 26.1 Å². The number of ether oxygens (including phenoxy) is 3. The Balaban J connectivity index is 1.62. The number of benzene rings is 1. The molecule has 7 nitrogen and oxygen atoms in total. The first-order valence-corrected chi connectivity index (χ1v) is 12.3. The molecule has 0 N–H and O–H groups in total. The molecule has 184 valence electrons. The minimum absolute atomic E-state index is 0.381. The van der Waals surface area contributed by atoms with Gasteiger partial charge in [-0.2, -0.15) is 4.98 Å². The van der Waals surface area contributed by atoms with E-state index in [9.17, 15) is 0 Å². The quantitative estimate of drug-likeness (QED) is 0.329. The van der Waals surface area contributed by atoms with E-state index >= 15 is 0 Å². The van der Waals surface area contributed by atoms with Gasteiger partial charge in [-0.25, -0.2) is 15.0 Å². The van der Waals surface area contributed by atoms with E-state index < -0.39 is 0 Å². The highest BCUT2D eigenvalue weighted by molar-refractivity contribution is 5.67. The van der Waals surface area contributed by atoms with Gasteiger partial charge in [0.1, 0.15) is 18.5 Å². The highest BCUT2D eigenvalue weighted by Crippen LogP contribution is 2.45. The molecule has 4 rings (SSSR count). The minimum atomic E-state index is 0.381. The van der Waals surface area contributed by atoms with Crippen molar-refractivity contribution in [2.75, 3.05) is 14.2 Å². The zero-order valence-electron chi connectivity index (χ0n) is 21.3. The molecule has 0 amide bonds. The van der Waals surface area contributed by atoms with E-state index in [-0.39, 0.29) is 0 Å². The van der Waals surface area contributed by atoms with Crippen molar-refractivity contribution in [2.24, 2.45) is 0 Å². The molecule has 2 heterocycles.